The summed E-state index contributed by atoms with van der Waals surface area (Å²) in [7, 11) is 0. The fourth-order valence-electron chi connectivity index (χ4n) is 2.45. The average molecular weight is 353 g/mol. The van der Waals surface area contributed by atoms with E-state index in [1.807, 2.05) is 30.3 Å². The SMILES string of the molecule is OCC(CO)(Cc1ccccc1)Cc1cccc(F)c1Br. The van der Waals surface area contributed by atoms with Crippen LogP contribution in [0.2, 0.25) is 0 Å². The standard InChI is InChI=1S/C17H18BrFO2/c18-16-14(7-4-8-15(16)19)10-17(11-20,12-21)9-13-5-2-1-3-6-13/h1-8,20-21H,9-12H2. The van der Waals surface area contributed by atoms with E-state index in [2.05, 4.69) is 15.9 Å². The van der Waals surface area contributed by atoms with Gasteiger partial charge in [0.15, 0.2) is 0 Å². The molecule has 0 aliphatic carbocycles. The Bertz CT molecular complexity index is 583. The molecule has 0 radical (unpaired) electrons. The molecule has 2 nitrogen and oxygen atoms in total. The van der Waals surface area contributed by atoms with Gasteiger partial charge in [0.05, 0.1) is 17.7 Å². The highest BCUT2D eigenvalue weighted by atomic mass is 79.9. The summed E-state index contributed by atoms with van der Waals surface area (Å²) in [4.78, 5) is 0. The lowest BCUT2D eigenvalue weighted by Crippen LogP contribution is -2.35. The van der Waals surface area contributed by atoms with Crippen LogP contribution < -0.4 is 0 Å². The zero-order valence-corrected chi connectivity index (χ0v) is 13.2. The molecule has 0 fully saturated rings. The number of aliphatic hydroxyl groups is 2. The Morgan fingerprint density at radius 2 is 1.57 bits per heavy atom. The monoisotopic (exact) mass is 352 g/mol. The van der Waals surface area contributed by atoms with Crippen LogP contribution in [-0.4, -0.2) is 23.4 Å². The summed E-state index contributed by atoms with van der Waals surface area (Å²) >= 11 is 3.24. The van der Waals surface area contributed by atoms with E-state index in [0.717, 1.165) is 11.1 Å². The van der Waals surface area contributed by atoms with Gasteiger partial charge in [-0.05, 0) is 46.0 Å². The van der Waals surface area contributed by atoms with Crippen LogP contribution in [0.25, 0.3) is 0 Å². The predicted octanol–water partition coefficient (Wildman–Crippen LogP) is 3.34. The Morgan fingerprint density at radius 1 is 0.905 bits per heavy atom. The van der Waals surface area contributed by atoms with E-state index in [9.17, 15) is 14.6 Å². The molecule has 0 saturated carbocycles. The van der Waals surface area contributed by atoms with Gasteiger partial charge >= 0.3 is 0 Å². The van der Waals surface area contributed by atoms with E-state index < -0.39 is 5.41 Å². The van der Waals surface area contributed by atoms with Gasteiger partial charge in [0, 0.05) is 5.41 Å². The average Bonchev–Trinajstić information content (AvgIpc) is 2.52. The van der Waals surface area contributed by atoms with Crippen molar-refractivity contribution in [2.45, 2.75) is 12.8 Å². The smallest absolute Gasteiger partial charge is 0.137 e. The van der Waals surface area contributed by atoms with Crippen molar-refractivity contribution in [3.63, 3.8) is 0 Å². The van der Waals surface area contributed by atoms with E-state index >= 15 is 0 Å². The first-order chi connectivity index (χ1) is 10.1. The number of aliphatic hydroxyl groups excluding tert-OH is 2. The predicted molar refractivity (Wildman–Crippen MR) is 84.6 cm³/mol. The second-order valence-electron chi connectivity index (χ2n) is 5.37. The maximum absolute atomic E-state index is 13.6. The van der Waals surface area contributed by atoms with Gasteiger partial charge in [-0.15, -0.1) is 0 Å². The van der Waals surface area contributed by atoms with Gasteiger partial charge in [0.2, 0.25) is 0 Å². The molecular weight excluding hydrogens is 335 g/mol. The lowest BCUT2D eigenvalue weighted by atomic mass is 9.78. The molecule has 112 valence electrons. The maximum atomic E-state index is 13.6. The van der Waals surface area contributed by atoms with Crippen molar-refractivity contribution in [2.75, 3.05) is 13.2 Å². The summed E-state index contributed by atoms with van der Waals surface area (Å²) < 4.78 is 14.0. The molecule has 0 amide bonds. The number of rotatable bonds is 6. The molecule has 2 rings (SSSR count). The van der Waals surface area contributed by atoms with Crippen LogP contribution in [0, 0.1) is 11.2 Å². The molecule has 2 aromatic rings. The topological polar surface area (TPSA) is 40.5 Å². The van der Waals surface area contributed by atoms with Crippen LogP contribution in [0.1, 0.15) is 11.1 Å². The molecule has 0 saturated heterocycles. The van der Waals surface area contributed by atoms with Crippen LogP contribution in [0.4, 0.5) is 4.39 Å². The summed E-state index contributed by atoms with van der Waals surface area (Å²) in [5, 5.41) is 19.6. The van der Waals surface area contributed by atoms with Crippen molar-refractivity contribution in [3.05, 3.63) is 69.9 Å². The lowest BCUT2D eigenvalue weighted by molar-refractivity contribution is 0.0546. The molecule has 2 aromatic carbocycles. The molecule has 0 atom stereocenters. The first-order valence-corrected chi connectivity index (χ1v) is 7.58. The summed E-state index contributed by atoms with van der Waals surface area (Å²) in [6.45, 7) is -0.331. The zero-order valence-electron chi connectivity index (χ0n) is 11.6. The molecule has 4 heteroatoms. The van der Waals surface area contributed by atoms with Gasteiger partial charge in [-0.2, -0.15) is 0 Å². The first kappa shape index (κ1) is 16.1. The highest BCUT2D eigenvalue weighted by Gasteiger charge is 2.30. The van der Waals surface area contributed by atoms with E-state index in [1.54, 1.807) is 12.1 Å². The van der Waals surface area contributed by atoms with Crippen LogP contribution in [0.15, 0.2) is 53.0 Å². The summed E-state index contributed by atoms with van der Waals surface area (Å²) in [6, 6.07) is 14.5. The molecule has 0 unspecified atom stereocenters. The van der Waals surface area contributed by atoms with Gasteiger partial charge in [-0.1, -0.05) is 42.5 Å². The second-order valence-corrected chi connectivity index (χ2v) is 6.16. The third-order valence-electron chi connectivity index (χ3n) is 3.69. The first-order valence-electron chi connectivity index (χ1n) is 6.79. The molecule has 2 N–H and O–H groups in total. The van der Waals surface area contributed by atoms with Crippen molar-refractivity contribution in [1.29, 1.82) is 0 Å². The van der Waals surface area contributed by atoms with E-state index in [0.29, 0.717) is 17.3 Å². The third-order valence-corrected chi connectivity index (χ3v) is 4.58. The van der Waals surface area contributed by atoms with Gasteiger partial charge in [0.25, 0.3) is 0 Å². The Balaban J connectivity index is 2.27. The Kier molecular flexibility index (Phi) is 5.51. The molecule has 0 heterocycles. The van der Waals surface area contributed by atoms with Crippen molar-refractivity contribution >= 4 is 15.9 Å². The summed E-state index contributed by atoms with van der Waals surface area (Å²) in [5.74, 6) is -0.336. The molecule has 0 aromatic heterocycles. The maximum Gasteiger partial charge on any atom is 0.137 e. The highest BCUT2D eigenvalue weighted by Crippen LogP contribution is 2.31. The van der Waals surface area contributed by atoms with Crippen molar-refractivity contribution in [1.82, 2.24) is 0 Å². The van der Waals surface area contributed by atoms with Gasteiger partial charge in [-0.3, -0.25) is 0 Å². The fraction of sp³-hybridized carbons (Fsp3) is 0.294. The zero-order chi connectivity index (χ0) is 15.3. The third kappa shape index (κ3) is 3.90. The second kappa shape index (κ2) is 7.16. The van der Waals surface area contributed by atoms with Crippen molar-refractivity contribution in [3.8, 4) is 0 Å². The fourth-order valence-corrected chi connectivity index (χ4v) is 2.86. The van der Waals surface area contributed by atoms with Crippen molar-refractivity contribution < 1.29 is 14.6 Å². The number of benzene rings is 2. The lowest BCUT2D eigenvalue weighted by Gasteiger charge is -2.30. The van der Waals surface area contributed by atoms with E-state index in [-0.39, 0.29) is 19.0 Å². The van der Waals surface area contributed by atoms with E-state index in [1.165, 1.54) is 6.07 Å². The van der Waals surface area contributed by atoms with Crippen LogP contribution in [-0.2, 0) is 12.8 Å². The minimum Gasteiger partial charge on any atom is -0.396 e. The number of halogens is 2. The van der Waals surface area contributed by atoms with Crippen LogP contribution in [0.3, 0.4) is 0 Å². The van der Waals surface area contributed by atoms with Crippen LogP contribution >= 0.6 is 15.9 Å². The summed E-state index contributed by atoms with van der Waals surface area (Å²) in [5.41, 5.74) is 1.07. The molecule has 0 aliphatic rings. The summed E-state index contributed by atoms with van der Waals surface area (Å²) in [6.07, 6.45) is 0.928. The molecule has 0 aliphatic heterocycles. The quantitative estimate of drug-likeness (QED) is 0.836. The molecular formula is C17H18BrFO2. The minimum absolute atomic E-state index is 0.165. The molecule has 0 spiro atoms. The highest BCUT2D eigenvalue weighted by molar-refractivity contribution is 9.10. The van der Waals surface area contributed by atoms with Gasteiger partial charge in [-0.25, -0.2) is 4.39 Å². The van der Waals surface area contributed by atoms with Crippen molar-refractivity contribution in [2.24, 2.45) is 5.41 Å². The number of hydrogen-bond acceptors (Lipinski definition) is 2. The minimum atomic E-state index is -0.711. The Labute approximate surface area is 132 Å². The van der Waals surface area contributed by atoms with Gasteiger partial charge in [0.1, 0.15) is 5.82 Å². The molecule has 21 heavy (non-hydrogen) atoms. The Hall–Kier alpha value is -1.23. The largest absolute Gasteiger partial charge is 0.396 e. The van der Waals surface area contributed by atoms with Gasteiger partial charge < -0.3 is 10.2 Å². The van der Waals surface area contributed by atoms with E-state index in [4.69, 9.17) is 0 Å². The number of hydrogen-bond donors (Lipinski definition) is 2. The van der Waals surface area contributed by atoms with Crippen LogP contribution in [0.5, 0.6) is 0 Å². The molecule has 0 bridgehead atoms. The Morgan fingerprint density at radius 3 is 2.19 bits per heavy atom. The normalized spacial score (nSPS) is 11.6.